The second kappa shape index (κ2) is 12.6. The van der Waals surface area contributed by atoms with Gasteiger partial charge in [-0.2, -0.15) is 0 Å². The third-order valence-corrected chi connectivity index (χ3v) is 6.73. The maximum atomic E-state index is 12.9. The van der Waals surface area contributed by atoms with E-state index in [4.69, 9.17) is 5.73 Å². The van der Waals surface area contributed by atoms with Crippen LogP contribution in [-0.4, -0.2) is 44.9 Å². The van der Waals surface area contributed by atoms with Crippen LogP contribution in [0, 0.1) is 0 Å². The number of benzene rings is 3. The third kappa shape index (κ3) is 7.33. The van der Waals surface area contributed by atoms with E-state index in [0.29, 0.717) is 16.0 Å². The quantitative estimate of drug-likeness (QED) is 0.322. The number of primary amides is 1. The van der Waals surface area contributed by atoms with Crippen LogP contribution in [0.5, 0.6) is 0 Å². The molecule has 3 rings (SSSR count). The van der Waals surface area contributed by atoms with Crippen LogP contribution in [0.25, 0.3) is 0 Å². The summed E-state index contributed by atoms with van der Waals surface area (Å²) in [6.07, 6.45) is -1.70. The number of hydrogen-bond acceptors (Lipinski definition) is 5. The van der Waals surface area contributed by atoms with Crippen LogP contribution in [0.1, 0.15) is 28.4 Å². The zero-order valence-corrected chi connectivity index (χ0v) is 19.7. The van der Waals surface area contributed by atoms with Crippen molar-refractivity contribution >= 4 is 28.5 Å². The highest BCUT2D eigenvalue weighted by Crippen LogP contribution is 2.19. The number of carbonyl (C=O) groups excluding carboxylic acids is 3. The van der Waals surface area contributed by atoms with Crippen molar-refractivity contribution < 1.29 is 23.7 Å². The summed E-state index contributed by atoms with van der Waals surface area (Å²) in [7, 11) is -1.39. The number of amides is 3. The molecule has 35 heavy (non-hydrogen) atoms. The van der Waals surface area contributed by atoms with Gasteiger partial charge in [0.2, 0.25) is 5.91 Å². The lowest BCUT2D eigenvalue weighted by molar-refractivity contribution is -0.134. The molecule has 0 unspecified atom stereocenters. The average molecular weight is 494 g/mol. The van der Waals surface area contributed by atoms with Crippen LogP contribution in [0.4, 0.5) is 0 Å². The minimum Gasteiger partial charge on any atom is -0.381 e. The number of nitrogens with two attached hydrogens (primary N) is 1. The molecule has 0 bridgehead atoms. The predicted molar refractivity (Wildman–Crippen MR) is 133 cm³/mol. The lowest BCUT2D eigenvalue weighted by Crippen LogP contribution is -2.52. The highest BCUT2D eigenvalue weighted by atomic mass is 32.2. The second-order valence-electron chi connectivity index (χ2n) is 7.79. The molecule has 0 aliphatic carbocycles. The average Bonchev–Trinajstić information content (AvgIpc) is 2.90. The Bertz CT molecular complexity index is 1160. The van der Waals surface area contributed by atoms with Gasteiger partial charge in [0.1, 0.15) is 6.04 Å². The van der Waals surface area contributed by atoms with Crippen molar-refractivity contribution in [3.8, 4) is 0 Å². The van der Waals surface area contributed by atoms with Gasteiger partial charge in [0.25, 0.3) is 11.8 Å². The number of aliphatic hydroxyl groups excluding tert-OH is 1. The molecular formula is C26H27N3O5S. The first-order valence-electron chi connectivity index (χ1n) is 11.0. The van der Waals surface area contributed by atoms with Gasteiger partial charge in [0.15, 0.2) is 6.10 Å². The van der Waals surface area contributed by atoms with E-state index in [2.05, 4.69) is 10.6 Å². The van der Waals surface area contributed by atoms with E-state index >= 15 is 0 Å². The molecule has 3 amide bonds. The fourth-order valence-electron chi connectivity index (χ4n) is 3.43. The summed E-state index contributed by atoms with van der Waals surface area (Å²) < 4.78 is 12.5. The van der Waals surface area contributed by atoms with Gasteiger partial charge in [0, 0.05) is 16.2 Å². The predicted octanol–water partition coefficient (Wildman–Crippen LogP) is 1.69. The Kier molecular flexibility index (Phi) is 9.28. The van der Waals surface area contributed by atoms with Gasteiger partial charge in [-0.3, -0.25) is 18.6 Å². The summed E-state index contributed by atoms with van der Waals surface area (Å²) in [6.45, 7) is 0. The van der Waals surface area contributed by atoms with E-state index in [9.17, 15) is 23.7 Å². The zero-order chi connectivity index (χ0) is 25.2. The summed E-state index contributed by atoms with van der Waals surface area (Å²) >= 11 is 0. The smallest absolute Gasteiger partial charge is 0.252 e. The molecule has 3 aromatic carbocycles. The Morgan fingerprint density at radius 2 is 1.37 bits per heavy atom. The zero-order valence-electron chi connectivity index (χ0n) is 18.9. The van der Waals surface area contributed by atoms with E-state index < -0.39 is 46.7 Å². The van der Waals surface area contributed by atoms with Gasteiger partial charge < -0.3 is 21.5 Å². The van der Waals surface area contributed by atoms with Crippen molar-refractivity contribution in [3.63, 3.8) is 0 Å². The van der Waals surface area contributed by atoms with E-state index in [1.807, 2.05) is 0 Å². The van der Waals surface area contributed by atoms with Crippen molar-refractivity contribution in [1.29, 1.82) is 0 Å². The molecule has 182 valence electrons. The monoisotopic (exact) mass is 493 g/mol. The van der Waals surface area contributed by atoms with Crippen molar-refractivity contribution in [2.24, 2.45) is 5.73 Å². The summed E-state index contributed by atoms with van der Waals surface area (Å²) in [6, 6.07) is 23.4. The largest absolute Gasteiger partial charge is 0.381 e. The van der Waals surface area contributed by atoms with Crippen molar-refractivity contribution in [2.75, 3.05) is 5.75 Å². The maximum absolute atomic E-state index is 12.9. The first kappa shape index (κ1) is 25.8. The summed E-state index contributed by atoms with van der Waals surface area (Å²) in [5, 5.41) is 16.0. The van der Waals surface area contributed by atoms with Crippen molar-refractivity contribution in [2.45, 2.75) is 29.5 Å². The number of hydrogen-bond donors (Lipinski definition) is 4. The Labute approximate surface area is 206 Å². The minimum absolute atomic E-state index is 0.0156. The first-order valence-corrected chi connectivity index (χ1v) is 12.3. The topological polar surface area (TPSA) is 139 Å². The number of carbonyl (C=O) groups is 3. The molecule has 0 radical (unpaired) electrons. The molecule has 5 N–H and O–H groups in total. The van der Waals surface area contributed by atoms with Crippen molar-refractivity contribution in [3.05, 3.63) is 102 Å². The van der Waals surface area contributed by atoms with Crippen LogP contribution in [0.2, 0.25) is 0 Å². The fourth-order valence-corrected chi connectivity index (χ4v) is 4.57. The molecule has 0 saturated carbocycles. The van der Waals surface area contributed by atoms with Gasteiger partial charge >= 0.3 is 0 Å². The minimum atomic E-state index is -1.72. The standard InChI is InChI=1S/C26H27N3O5S/c27-24(31)21(16-17-35(34)20-14-8-3-9-15-20)28-26(33)23(30)22(18-10-4-1-5-11-18)29-25(32)19-12-6-2-7-13-19/h1-15,21-23,30H,16-17H2,(H2,27,31)(H,28,33)(H,29,32)/t21-,22+,23-,35+/m1/s1. The molecule has 9 heteroatoms. The SMILES string of the molecule is NC(=O)[C@@H](CC[S@](=O)c1ccccc1)NC(=O)[C@H](O)[C@@H](NC(=O)c1ccccc1)c1ccccc1. The molecule has 3 aromatic rings. The molecule has 8 nitrogen and oxygen atoms in total. The summed E-state index contributed by atoms with van der Waals surface area (Å²) in [5.41, 5.74) is 6.31. The maximum Gasteiger partial charge on any atom is 0.252 e. The molecule has 0 aliphatic rings. The van der Waals surface area contributed by atoms with E-state index in [0.717, 1.165) is 0 Å². The van der Waals surface area contributed by atoms with Crippen LogP contribution < -0.4 is 16.4 Å². The van der Waals surface area contributed by atoms with E-state index in [-0.39, 0.29) is 12.2 Å². The normalized spacial score (nSPS) is 14.2. The molecular weight excluding hydrogens is 466 g/mol. The Hall–Kier alpha value is -3.82. The number of rotatable bonds is 11. The van der Waals surface area contributed by atoms with Crippen LogP contribution in [-0.2, 0) is 20.4 Å². The third-order valence-electron chi connectivity index (χ3n) is 5.32. The lowest BCUT2D eigenvalue weighted by atomic mass is 9.99. The highest BCUT2D eigenvalue weighted by molar-refractivity contribution is 7.85. The molecule has 0 aliphatic heterocycles. The van der Waals surface area contributed by atoms with Gasteiger partial charge in [-0.1, -0.05) is 66.7 Å². The van der Waals surface area contributed by atoms with E-state index in [1.54, 1.807) is 91.0 Å². The molecule has 0 spiro atoms. The van der Waals surface area contributed by atoms with Crippen LogP contribution >= 0.6 is 0 Å². The summed E-state index contributed by atoms with van der Waals surface area (Å²) in [4.78, 5) is 38.2. The van der Waals surface area contributed by atoms with E-state index in [1.165, 1.54) is 0 Å². The van der Waals surface area contributed by atoms with Crippen molar-refractivity contribution in [1.82, 2.24) is 10.6 Å². The molecule has 4 atom stereocenters. The first-order chi connectivity index (χ1) is 16.9. The van der Waals surface area contributed by atoms with Crippen LogP contribution in [0.3, 0.4) is 0 Å². The van der Waals surface area contributed by atoms with Gasteiger partial charge in [-0.25, -0.2) is 0 Å². The van der Waals surface area contributed by atoms with Crippen LogP contribution in [0.15, 0.2) is 95.9 Å². The molecule has 0 saturated heterocycles. The Morgan fingerprint density at radius 3 is 1.94 bits per heavy atom. The fraction of sp³-hybridized carbons (Fsp3) is 0.192. The molecule has 0 aromatic heterocycles. The summed E-state index contributed by atoms with van der Waals surface area (Å²) in [5.74, 6) is -2.10. The van der Waals surface area contributed by atoms with Gasteiger partial charge in [-0.15, -0.1) is 0 Å². The number of nitrogens with one attached hydrogen (secondary N) is 2. The Morgan fingerprint density at radius 1 is 0.829 bits per heavy atom. The molecule has 0 fully saturated rings. The lowest BCUT2D eigenvalue weighted by Gasteiger charge is -2.25. The van der Waals surface area contributed by atoms with Gasteiger partial charge in [-0.05, 0) is 36.2 Å². The Balaban J connectivity index is 1.71. The highest BCUT2D eigenvalue weighted by Gasteiger charge is 2.31. The number of aliphatic hydroxyl groups is 1. The van der Waals surface area contributed by atoms with Gasteiger partial charge in [0.05, 0.1) is 16.8 Å². The molecule has 0 heterocycles. The second-order valence-corrected chi connectivity index (χ2v) is 9.36.